The van der Waals surface area contributed by atoms with E-state index < -0.39 is 5.91 Å². The van der Waals surface area contributed by atoms with Crippen molar-refractivity contribution in [3.8, 4) is 0 Å². The van der Waals surface area contributed by atoms with Crippen LogP contribution in [-0.4, -0.2) is 34.6 Å². The first-order valence-corrected chi connectivity index (χ1v) is 4.80. The van der Waals surface area contributed by atoms with E-state index in [1.54, 1.807) is 11.8 Å². The Kier molecular flexibility index (Phi) is 3.79. The topological polar surface area (TPSA) is 83.0 Å². The monoisotopic (exact) mass is 212 g/mol. The number of hydrogen-bond donors (Lipinski definition) is 1. The van der Waals surface area contributed by atoms with Crippen LogP contribution in [0, 0.1) is 0 Å². The SMILES string of the molecule is COCCn1nnc(C(N)=O)c1C(C)C. The lowest BCUT2D eigenvalue weighted by Gasteiger charge is -2.09. The number of aromatic nitrogens is 3. The Labute approximate surface area is 88.4 Å². The average Bonchev–Trinajstić information content (AvgIpc) is 2.58. The van der Waals surface area contributed by atoms with Gasteiger partial charge in [0.05, 0.1) is 18.8 Å². The second-order valence-electron chi connectivity index (χ2n) is 3.56. The number of nitrogens with two attached hydrogens (primary N) is 1. The van der Waals surface area contributed by atoms with Crippen LogP contribution in [0.3, 0.4) is 0 Å². The molecule has 0 unspecified atom stereocenters. The van der Waals surface area contributed by atoms with Crippen LogP contribution >= 0.6 is 0 Å². The van der Waals surface area contributed by atoms with E-state index in [-0.39, 0.29) is 11.6 Å². The third-order valence-electron chi connectivity index (χ3n) is 2.06. The van der Waals surface area contributed by atoms with E-state index in [2.05, 4.69) is 10.3 Å². The maximum absolute atomic E-state index is 11.1. The number of amides is 1. The summed E-state index contributed by atoms with van der Waals surface area (Å²) in [7, 11) is 1.61. The molecule has 1 heterocycles. The zero-order valence-corrected chi connectivity index (χ0v) is 9.23. The molecule has 0 saturated carbocycles. The molecule has 6 heteroatoms. The fourth-order valence-corrected chi connectivity index (χ4v) is 1.41. The minimum atomic E-state index is -0.539. The lowest BCUT2D eigenvalue weighted by molar-refractivity contribution is 0.0994. The molecule has 0 fully saturated rings. The van der Waals surface area contributed by atoms with Gasteiger partial charge in [0.2, 0.25) is 0 Å². The molecule has 0 aliphatic heterocycles. The van der Waals surface area contributed by atoms with Gasteiger partial charge in [0.15, 0.2) is 5.69 Å². The third-order valence-corrected chi connectivity index (χ3v) is 2.06. The Bertz CT molecular complexity index is 346. The van der Waals surface area contributed by atoms with Crippen LogP contribution in [0.4, 0.5) is 0 Å². The Balaban J connectivity index is 3.01. The molecule has 1 aromatic heterocycles. The van der Waals surface area contributed by atoms with Crippen LogP contribution in [0.2, 0.25) is 0 Å². The summed E-state index contributed by atoms with van der Waals surface area (Å²) in [5.74, 6) is -0.387. The van der Waals surface area contributed by atoms with Crippen LogP contribution < -0.4 is 5.73 Å². The number of primary amides is 1. The lowest BCUT2D eigenvalue weighted by Crippen LogP contribution is -2.17. The van der Waals surface area contributed by atoms with E-state index in [4.69, 9.17) is 10.5 Å². The summed E-state index contributed by atoms with van der Waals surface area (Å²) >= 11 is 0. The number of carbonyl (C=O) groups is 1. The molecule has 0 aliphatic rings. The van der Waals surface area contributed by atoms with Crippen molar-refractivity contribution in [1.82, 2.24) is 15.0 Å². The summed E-state index contributed by atoms with van der Waals surface area (Å²) in [5, 5.41) is 7.65. The molecule has 84 valence electrons. The predicted octanol–water partition coefficient (Wildman–Crippen LogP) is 0.147. The Hall–Kier alpha value is -1.43. The normalized spacial score (nSPS) is 10.9. The van der Waals surface area contributed by atoms with Gasteiger partial charge in [-0.2, -0.15) is 0 Å². The van der Waals surface area contributed by atoms with Crippen molar-refractivity contribution < 1.29 is 9.53 Å². The van der Waals surface area contributed by atoms with Crippen LogP contribution in [0.15, 0.2) is 0 Å². The van der Waals surface area contributed by atoms with E-state index in [1.165, 1.54) is 0 Å². The van der Waals surface area contributed by atoms with Gasteiger partial charge in [0.1, 0.15) is 0 Å². The zero-order chi connectivity index (χ0) is 11.4. The van der Waals surface area contributed by atoms with Gasteiger partial charge in [-0.25, -0.2) is 4.68 Å². The number of nitrogens with zero attached hydrogens (tertiary/aromatic N) is 3. The Morgan fingerprint density at radius 1 is 1.60 bits per heavy atom. The number of methoxy groups -OCH3 is 1. The van der Waals surface area contributed by atoms with E-state index >= 15 is 0 Å². The maximum atomic E-state index is 11.1. The van der Waals surface area contributed by atoms with Crippen LogP contribution in [0.25, 0.3) is 0 Å². The molecule has 0 bridgehead atoms. The highest BCUT2D eigenvalue weighted by Gasteiger charge is 2.19. The van der Waals surface area contributed by atoms with Gasteiger partial charge >= 0.3 is 0 Å². The summed E-state index contributed by atoms with van der Waals surface area (Å²) in [4.78, 5) is 11.1. The maximum Gasteiger partial charge on any atom is 0.271 e. The largest absolute Gasteiger partial charge is 0.383 e. The molecular formula is C9H16N4O2. The van der Waals surface area contributed by atoms with Crippen molar-refractivity contribution in [2.75, 3.05) is 13.7 Å². The van der Waals surface area contributed by atoms with Crippen molar-refractivity contribution in [3.05, 3.63) is 11.4 Å². The van der Waals surface area contributed by atoms with Gasteiger partial charge in [-0.3, -0.25) is 4.79 Å². The molecule has 6 nitrogen and oxygen atoms in total. The smallest absolute Gasteiger partial charge is 0.271 e. The fraction of sp³-hybridized carbons (Fsp3) is 0.667. The molecule has 1 rings (SSSR count). The van der Waals surface area contributed by atoms with Gasteiger partial charge in [-0.05, 0) is 5.92 Å². The summed E-state index contributed by atoms with van der Waals surface area (Å²) in [6.45, 7) is 5.04. The summed E-state index contributed by atoms with van der Waals surface area (Å²) in [6, 6.07) is 0. The van der Waals surface area contributed by atoms with Gasteiger partial charge in [0.25, 0.3) is 5.91 Å². The van der Waals surface area contributed by atoms with Crippen molar-refractivity contribution in [1.29, 1.82) is 0 Å². The number of ether oxygens (including phenoxy) is 1. The standard InChI is InChI=1S/C9H16N4O2/c1-6(2)8-7(9(10)14)11-12-13(8)4-5-15-3/h6H,4-5H2,1-3H3,(H2,10,14). The van der Waals surface area contributed by atoms with E-state index in [0.717, 1.165) is 5.69 Å². The van der Waals surface area contributed by atoms with E-state index in [0.29, 0.717) is 13.2 Å². The highest BCUT2D eigenvalue weighted by atomic mass is 16.5. The molecule has 0 aliphatic carbocycles. The molecular weight excluding hydrogens is 196 g/mol. The van der Waals surface area contributed by atoms with Crippen molar-refractivity contribution in [3.63, 3.8) is 0 Å². The van der Waals surface area contributed by atoms with Gasteiger partial charge in [-0.1, -0.05) is 19.1 Å². The number of carbonyl (C=O) groups excluding carboxylic acids is 1. The van der Waals surface area contributed by atoms with Crippen molar-refractivity contribution in [2.45, 2.75) is 26.3 Å². The summed E-state index contributed by atoms with van der Waals surface area (Å²) in [5.41, 5.74) is 6.22. The number of hydrogen-bond acceptors (Lipinski definition) is 4. The zero-order valence-electron chi connectivity index (χ0n) is 9.23. The van der Waals surface area contributed by atoms with Crippen molar-refractivity contribution >= 4 is 5.91 Å². The average molecular weight is 212 g/mol. The summed E-state index contributed by atoms with van der Waals surface area (Å²) < 4.78 is 6.61. The molecule has 0 aromatic carbocycles. The fourth-order valence-electron chi connectivity index (χ4n) is 1.41. The first-order valence-electron chi connectivity index (χ1n) is 4.80. The first kappa shape index (κ1) is 11.6. The number of rotatable bonds is 5. The van der Waals surface area contributed by atoms with Gasteiger partial charge < -0.3 is 10.5 Å². The molecule has 15 heavy (non-hydrogen) atoms. The Morgan fingerprint density at radius 2 is 2.27 bits per heavy atom. The molecule has 0 atom stereocenters. The molecule has 2 N–H and O–H groups in total. The van der Waals surface area contributed by atoms with Crippen LogP contribution in [0.5, 0.6) is 0 Å². The van der Waals surface area contributed by atoms with Crippen LogP contribution in [0.1, 0.15) is 35.9 Å². The highest BCUT2D eigenvalue weighted by molar-refractivity contribution is 5.91. The van der Waals surface area contributed by atoms with Gasteiger partial charge in [-0.15, -0.1) is 5.10 Å². The van der Waals surface area contributed by atoms with E-state index in [9.17, 15) is 4.79 Å². The summed E-state index contributed by atoms with van der Waals surface area (Å²) in [6.07, 6.45) is 0. The third kappa shape index (κ3) is 2.53. The molecule has 0 spiro atoms. The predicted molar refractivity (Wildman–Crippen MR) is 54.5 cm³/mol. The Morgan fingerprint density at radius 3 is 2.73 bits per heavy atom. The van der Waals surface area contributed by atoms with E-state index in [1.807, 2.05) is 13.8 Å². The molecule has 1 aromatic rings. The molecule has 1 amide bonds. The quantitative estimate of drug-likeness (QED) is 0.752. The van der Waals surface area contributed by atoms with Gasteiger partial charge in [0, 0.05) is 7.11 Å². The van der Waals surface area contributed by atoms with Crippen molar-refractivity contribution in [2.24, 2.45) is 5.73 Å². The molecule has 0 radical (unpaired) electrons. The van der Waals surface area contributed by atoms with Crippen LogP contribution in [-0.2, 0) is 11.3 Å². The second kappa shape index (κ2) is 4.88. The minimum Gasteiger partial charge on any atom is -0.383 e. The lowest BCUT2D eigenvalue weighted by atomic mass is 10.1. The second-order valence-corrected chi connectivity index (χ2v) is 3.56. The highest BCUT2D eigenvalue weighted by Crippen LogP contribution is 2.16. The minimum absolute atomic E-state index is 0.152. The first-order chi connectivity index (χ1) is 7.07. The molecule has 0 saturated heterocycles.